The van der Waals surface area contributed by atoms with Crippen LogP contribution in [-0.4, -0.2) is 26.9 Å². The Hall–Kier alpha value is -1.89. The summed E-state index contributed by atoms with van der Waals surface area (Å²) in [5, 5.41) is 2.93. The van der Waals surface area contributed by atoms with E-state index >= 15 is 0 Å². The largest absolute Gasteiger partial charge is 0.348 e. The second-order valence-electron chi connectivity index (χ2n) is 6.82. The van der Waals surface area contributed by atoms with E-state index in [0.29, 0.717) is 22.6 Å². The smallest absolute Gasteiger partial charge is 0.251 e. The van der Waals surface area contributed by atoms with Gasteiger partial charge in [-0.05, 0) is 43.2 Å². The molecule has 0 fully saturated rings. The predicted octanol–water partition coefficient (Wildman–Crippen LogP) is 3.64. The molecule has 0 bridgehead atoms. The van der Waals surface area contributed by atoms with Gasteiger partial charge in [0, 0.05) is 18.2 Å². The molecule has 0 aromatic heterocycles. The summed E-state index contributed by atoms with van der Waals surface area (Å²) in [7, 11) is -3.41. The van der Waals surface area contributed by atoms with E-state index in [2.05, 4.69) is 12.2 Å². The molecule has 1 atom stereocenters. The first kappa shape index (κ1) is 24.1. The number of halogens is 1. The van der Waals surface area contributed by atoms with Crippen molar-refractivity contribution in [3.63, 3.8) is 0 Å². The van der Waals surface area contributed by atoms with Crippen molar-refractivity contribution in [2.45, 2.75) is 49.8 Å². The number of rotatable bonds is 9. The minimum atomic E-state index is -3.41. The zero-order valence-corrected chi connectivity index (χ0v) is 18.0. The number of carbonyl (C=O) groups is 1. The minimum absolute atomic E-state index is 0. The zero-order valence-electron chi connectivity index (χ0n) is 16.4. The molecule has 7 heteroatoms. The molecule has 0 saturated heterocycles. The van der Waals surface area contributed by atoms with E-state index in [4.69, 9.17) is 5.73 Å². The molecule has 0 radical (unpaired) electrons. The van der Waals surface area contributed by atoms with Crippen molar-refractivity contribution in [2.24, 2.45) is 5.73 Å². The summed E-state index contributed by atoms with van der Waals surface area (Å²) in [6, 6.07) is 13.4. The van der Waals surface area contributed by atoms with Crippen LogP contribution in [0, 0.1) is 6.92 Å². The van der Waals surface area contributed by atoms with Crippen molar-refractivity contribution in [1.29, 1.82) is 0 Å². The highest BCUT2D eigenvalue weighted by molar-refractivity contribution is 7.90. The van der Waals surface area contributed by atoms with Gasteiger partial charge in [0.25, 0.3) is 5.91 Å². The molecule has 0 aliphatic heterocycles. The van der Waals surface area contributed by atoms with Gasteiger partial charge in [0.05, 0.1) is 10.6 Å². The first-order valence-corrected chi connectivity index (χ1v) is 10.9. The second-order valence-corrected chi connectivity index (χ2v) is 8.81. The van der Waals surface area contributed by atoms with Crippen molar-refractivity contribution < 1.29 is 13.2 Å². The molecule has 28 heavy (non-hydrogen) atoms. The number of amides is 1. The zero-order chi connectivity index (χ0) is 19.9. The lowest BCUT2D eigenvalue weighted by atomic mass is 10.1. The van der Waals surface area contributed by atoms with Crippen LogP contribution in [0.25, 0.3) is 0 Å². The van der Waals surface area contributed by atoms with Gasteiger partial charge in [0.1, 0.15) is 0 Å². The normalized spacial score (nSPS) is 12.1. The van der Waals surface area contributed by atoms with Gasteiger partial charge in [0.2, 0.25) is 0 Å². The quantitative estimate of drug-likeness (QED) is 0.643. The average molecular weight is 425 g/mol. The summed E-state index contributed by atoms with van der Waals surface area (Å²) in [6.07, 6.45) is 2.92. The Balaban J connectivity index is 0.00000392. The van der Waals surface area contributed by atoms with Gasteiger partial charge in [0.15, 0.2) is 9.84 Å². The highest BCUT2D eigenvalue weighted by atomic mass is 35.5. The SMILES string of the molecule is CCCCC(CN)NC(=O)c1ccc(CS(=O)(=O)c2ccc(C)cc2)cc1.Cl. The fourth-order valence-corrected chi connectivity index (χ4v) is 4.12. The lowest BCUT2D eigenvalue weighted by molar-refractivity contribution is 0.0935. The van der Waals surface area contributed by atoms with E-state index in [0.717, 1.165) is 24.8 Å². The number of carbonyl (C=O) groups excluding carboxylic acids is 1. The molecule has 5 nitrogen and oxygen atoms in total. The molecule has 0 aliphatic rings. The second kappa shape index (κ2) is 11.2. The molecular weight excluding hydrogens is 396 g/mol. The maximum Gasteiger partial charge on any atom is 0.251 e. The Bertz CT molecular complexity index is 850. The molecule has 0 heterocycles. The van der Waals surface area contributed by atoms with Crippen LogP contribution in [0.5, 0.6) is 0 Å². The third kappa shape index (κ3) is 6.93. The summed E-state index contributed by atoms with van der Waals surface area (Å²) in [4.78, 5) is 12.6. The summed E-state index contributed by atoms with van der Waals surface area (Å²) in [5.74, 6) is -0.283. The van der Waals surface area contributed by atoms with Crippen molar-refractivity contribution >= 4 is 28.2 Å². The highest BCUT2D eigenvalue weighted by Gasteiger charge is 2.16. The van der Waals surface area contributed by atoms with Gasteiger partial charge in [-0.1, -0.05) is 49.6 Å². The third-order valence-corrected chi connectivity index (χ3v) is 6.18. The van der Waals surface area contributed by atoms with Crippen molar-refractivity contribution in [2.75, 3.05) is 6.54 Å². The summed E-state index contributed by atoms with van der Waals surface area (Å²) in [5.41, 5.74) is 7.88. The molecule has 0 spiro atoms. The Morgan fingerprint density at radius 2 is 1.68 bits per heavy atom. The lowest BCUT2D eigenvalue weighted by Gasteiger charge is -2.16. The number of unbranched alkanes of at least 4 members (excludes halogenated alkanes) is 1. The molecule has 1 unspecified atom stereocenters. The van der Waals surface area contributed by atoms with Crippen LogP contribution in [0.4, 0.5) is 0 Å². The monoisotopic (exact) mass is 424 g/mol. The van der Waals surface area contributed by atoms with E-state index in [9.17, 15) is 13.2 Å². The lowest BCUT2D eigenvalue weighted by Crippen LogP contribution is -2.40. The molecule has 2 aromatic rings. The number of nitrogens with two attached hydrogens (primary N) is 1. The van der Waals surface area contributed by atoms with Crippen LogP contribution in [0.1, 0.15) is 47.7 Å². The number of hydrogen-bond acceptors (Lipinski definition) is 4. The number of hydrogen-bond donors (Lipinski definition) is 2. The molecule has 0 saturated carbocycles. The van der Waals surface area contributed by atoms with E-state index in [-0.39, 0.29) is 30.1 Å². The molecule has 1 amide bonds. The van der Waals surface area contributed by atoms with Gasteiger partial charge >= 0.3 is 0 Å². The van der Waals surface area contributed by atoms with Gasteiger partial charge in [-0.15, -0.1) is 12.4 Å². The maximum atomic E-state index is 12.5. The van der Waals surface area contributed by atoms with E-state index in [1.165, 1.54) is 0 Å². The molecule has 2 rings (SSSR count). The first-order valence-electron chi connectivity index (χ1n) is 9.25. The third-order valence-electron chi connectivity index (χ3n) is 4.48. The van der Waals surface area contributed by atoms with Crippen LogP contribution in [0.2, 0.25) is 0 Å². The maximum absolute atomic E-state index is 12.5. The van der Waals surface area contributed by atoms with Crippen molar-refractivity contribution in [3.05, 3.63) is 65.2 Å². The molecule has 154 valence electrons. The molecule has 0 aliphatic carbocycles. The Kier molecular flexibility index (Phi) is 9.65. The van der Waals surface area contributed by atoms with Gasteiger partial charge < -0.3 is 11.1 Å². The Labute approximate surface area is 174 Å². The Morgan fingerprint density at radius 1 is 1.07 bits per heavy atom. The number of nitrogens with one attached hydrogen (secondary N) is 1. The van der Waals surface area contributed by atoms with Crippen LogP contribution >= 0.6 is 12.4 Å². The van der Waals surface area contributed by atoms with Crippen LogP contribution < -0.4 is 11.1 Å². The average Bonchev–Trinajstić information content (AvgIpc) is 2.65. The van der Waals surface area contributed by atoms with E-state index in [1.807, 2.05) is 6.92 Å². The number of sulfone groups is 1. The highest BCUT2D eigenvalue weighted by Crippen LogP contribution is 2.17. The first-order chi connectivity index (χ1) is 12.9. The van der Waals surface area contributed by atoms with Gasteiger partial charge in [-0.3, -0.25) is 4.79 Å². The van der Waals surface area contributed by atoms with Gasteiger partial charge in [-0.25, -0.2) is 8.42 Å². The summed E-state index contributed by atoms with van der Waals surface area (Å²) >= 11 is 0. The van der Waals surface area contributed by atoms with Crippen molar-refractivity contribution in [1.82, 2.24) is 5.32 Å². The van der Waals surface area contributed by atoms with Gasteiger partial charge in [-0.2, -0.15) is 0 Å². The van der Waals surface area contributed by atoms with Crippen molar-refractivity contribution in [3.8, 4) is 0 Å². The summed E-state index contributed by atoms with van der Waals surface area (Å²) in [6.45, 7) is 4.41. The molecule has 3 N–H and O–H groups in total. The predicted molar refractivity (Wildman–Crippen MR) is 116 cm³/mol. The van der Waals surface area contributed by atoms with Crippen LogP contribution in [0.3, 0.4) is 0 Å². The molecular formula is C21H29ClN2O3S. The molecule has 2 aromatic carbocycles. The standard InChI is InChI=1S/C21H28N2O3S.ClH/c1-3-4-5-19(14-22)23-21(24)18-10-8-17(9-11-18)15-27(25,26)20-12-6-16(2)7-13-20;/h6-13,19H,3-5,14-15,22H2,1-2H3,(H,23,24);1H. The van der Waals surface area contributed by atoms with Crippen LogP contribution in [-0.2, 0) is 15.6 Å². The van der Waals surface area contributed by atoms with E-state index < -0.39 is 9.84 Å². The fourth-order valence-electron chi connectivity index (χ4n) is 2.77. The number of aryl methyl sites for hydroxylation is 1. The fraction of sp³-hybridized carbons (Fsp3) is 0.381. The minimum Gasteiger partial charge on any atom is -0.348 e. The summed E-state index contributed by atoms with van der Waals surface area (Å²) < 4.78 is 25.0. The van der Waals surface area contributed by atoms with Crippen LogP contribution in [0.15, 0.2) is 53.4 Å². The Morgan fingerprint density at radius 3 is 2.21 bits per heavy atom. The number of benzene rings is 2. The van der Waals surface area contributed by atoms with E-state index in [1.54, 1.807) is 48.5 Å². The topological polar surface area (TPSA) is 89.3 Å².